The zero-order chi connectivity index (χ0) is 16.8. The Hall–Kier alpha value is -1.74. The maximum absolute atomic E-state index is 12.7. The number of rotatable bonds is 3. The Morgan fingerprint density at radius 2 is 2.04 bits per heavy atom. The van der Waals surface area contributed by atoms with Gasteiger partial charge in [0.15, 0.2) is 11.5 Å². The summed E-state index contributed by atoms with van der Waals surface area (Å²) < 4.78 is 12.0. The molecule has 2 saturated carbocycles. The van der Waals surface area contributed by atoms with E-state index < -0.39 is 5.41 Å². The van der Waals surface area contributed by atoms with E-state index in [1.54, 1.807) is 0 Å². The third-order valence-corrected chi connectivity index (χ3v) is 6.22. The third kappa shape index (κ3) is 2.29. The lowest BCUT2D eigenvalue weighted by Crippen LogP contribution is -2.34. The molecule has 1 aromatic carbocycles. The molecule has 2 aliphatic carbocycles. The number of carbonyl (C=O) groups excluding carboxylic acids is 1. The molecule has 24 heavy (non-hydrogen) atoms. The summed E-state index contributed by atoms with van der Waals surface area (Å²) >= 11 is 3.48. The molecule has 0 radical (unpaired) electrons. The van der Waals surface area contributed by atoms with Gasteiger partial charge in [-0.05, 0) is 52.9 Å². The molecule has 1 N–H and O–H groups in total. The van der Waals surface area contributed by atoms with Gasteiger partial charge in [-0.25, -0.2) is 0 Å². The van der Waals surface area contributed by atoms with Crippen molar-refractivity contribution in [2.24, 2.45) is 10.8 Å². The van der Waals surface area contributed by atoms with E-state index in [-0.39, 0.29) is 11.3 Å². The van der Waals surface area contributed by atoms with Gasteiger partial charge in [0.2, 0.25) is 5.91 Å². The van der Waals surface area contributed by atoms with E-state index in [1.165, 1.54) is 0 Å². The Morgan fingerprint density at radius 3 is 2.79 bits per heavy atom. The van der Waals surface area contributed by atoms with Gasteiger partial charge in [-0.1, -0.05) is 12.8 Å². The minimum Gasteiger partial charge on any atom is -0.486 e. The molecule has 2 fully saturated rings. The van der Waals surface area contributed by atoms with Crippen LogP contribution in [0.1, 0.15) is 37.7 Å². The normalized spacial score (nSPS) is 26.0. The summed E-state index contributed by atoms with van der Waals surface area (Å²) in [5.41, 5.74) is 0.0574. The van der Waals surface area contributed by atoms with Crippen molar-refractivity contribution < 1.29 is 14.3 Å². The fraction of sp³-hybridized carbons (Fsp3) is 0.556. The maximum Gasteiger partial charge on any atom is 0.241 e. The highest BCUT2D eigenvalue weighted by atomic mass is 79.9. The Kier molecular flexibility index (Phi) is 3.72. The van der Waals surface area contributed by atoms with Gasteiger partial charge in [0.1, 0.15) is 18.6 Å². The molecule has 5 nitrogen and oxygen atoms in total. The summed E-state index contributed by atoms with van der Waals surface area (Å²) in [6.07, 6.45) is 4.98. The molecule has 3 aliphatic rings. The van der Waals surface area contributed by atoms with Crippen LogP contribution < -0.4 is 14.8 Å². The van der Waals surface area contributed by atoms with Gasteiger partial charge in [-0.2, -0.15) is 5.26 Å². The molecule has 0 bridgehead atoms. The molecular weight excluding hydrogens is 372 g/mol. The lowest BCUT2D eigenvalue weighted by Gasteiger charge is -2.21. The second-order valence-electron chi connectivity index (χ2n) is 6.97. The standard InChI is InChI=1S/C18H19BrN2O3/c19-13-7-12(8-14-15(13)24-6-5-23-14)9-21-16(22)18(11-20)10-17(18)3-1-2-4-17/h7-8H,1-6,9-10H2,(H,21,22)/t18-/m1/s1. The van der Waals surface area contributed by atoms with Crippen LogP contribution in [0, 0.1) is 22.2 Å². The average Bonchev–Trinajstić information content (AvgIpc) is 2.98. The predicted molar refractivity (Wildman–Crippen MR) is 90.5 cm³/mol. The largest absolute Gasteiger partial charge is 0.486 e. The van der Waals surface area contributed by atoms with Crippen LogP contribution in [-0.2, 0) is 11.3 Å². The number of fused-ring (bicyclic) bond motifs is 1. The van der Waals surface area contributed by atoms with Crippen LogP contribution in [0.15, 0.2) is 16.6 Å². The number of carbonyl (C=O) groups is 1. The zero-order valence-electron chi connectivity index (χ0n) is 13.4. The lowest BCUT2D eigenvalue weighted by molar-refractivity contribution is -0.125. The number of ether oxygens (including phenoxy) is 2. The quantitative estimate of drug-likeness (QED) is 0.858. The van der Waals surface area contributed by atoms with Crippen molar-refractivity contribution >= 4 is 21.8 Å². The van der Waals surface area contributed by atoms with E-state index in [0.717, 1.165) is 35.7 Å². The van der Waals surface area contributed by atoms with Crippen LogP contribution in [0.3, 0.4) is 0 Å². The monoisotopic (exact) mass is 390 g/mol. The molecular formula is C18H19BrN2O3. The van der Waals surface area contributed by atoms with Crippen molar-refractivity contribution in [1.29, 1.82) is 5.26 Å². The third-order valence-electron chi connectivity index (χ3n) is 5.63. The summed E-state index contributed by atoms with van der Waals surface area (Å²) in [5.74, 6) is 1.27. The second kappa shape index (κ2) is 5.66. The molecule has 1 atom stereocenters. The zero-order valence-corrected chi connectivity index (χ0v) is 14.9. The first-order valence-corrected chi connectivity index (χ1v) is 9.17. The molecule has 0 saturated heterocycles. The first-order valence-electron chi connectivity index (χ1n) is 8.38. The number of benzene rings is 1. The Balaban J connectivity index is 1.47. The average molecular weight is 391 g/mol. The number of nitrogens with zero attached hydrogens (tertiary/aromatic N) is 1. The topological polar surface area (TPSA) is 71.4 Å². The van der Waals surface area contributed by atoms with Crippen molar-refractivity contribution in [2.75, 3.05) is 13.2 Å². The van der Waals surface area contributed by atoms with Gasteiger partial charge in [0, 0.05) is 12.0 Å². The van der Waals surface area contributed by atoms with Crippen molar-refractivity contribution in [3.05, 3.63) is 22.2 Å². The second-order valence-corrected chi connectivity index (χ2v) is 7.82. The first-order chi connectivity index (χ1) is 11.6. The fourth-order valence-electron chi connectivity index (χ4n) is 4.25. The number of nitriles is 1. The van der Waals surface area contributed by atoms with Crippen LogP contribution in [0.4, 0.5) is 0 Å². The van der Waals surface area contributed by atoms with Gasteiger partial charge >= 0.3 is 0 Å². The van der Waals surface area contributed by atoms with Crippen molar-refractivity contribution in [2.45, 2.75) is 38.6 Å². The molecule has 0 aromatic heterocycles. The van der Waals surface area contributed by atoms with Crippen LogP contribution >= 0.6 is 15.9 Å². The van der Waals surface area contributed by atoms with Crippen molar-refractivity contribution in [3.8, 4) is 17.6 Å². The van der Waals surface area contributed by atoms with Gasteiger partial charge in [0.05, 0.1) is 10.5 Å². The molecule has 1 spiro atoms. The summed E-state index contributed by atoms with van der Waals surface area (Å²) in [4.78, 5) is 12.7. The predicted octanol–water partition coefficient (Wildman–Crippen LogP) is 3.31. The summed E-state index contributed by atoms with van der Waals surface area (Å²) in [5, 5.41) is 12.6. The van der Waals surface area contributed by atoms with E-state index in [4.69, 9.17) is 9.47 Å². The molecule has 6 heteroatoms. The molecule has 1 aliphatic heterocycles. The smallest absolute Gasteiger partial charge is 0.241 e. The Labute approximate surface area is 149 Å². The van der Waals surface area contributed by atoms with Crippen LogP contribution in [0.2, 0.25) is 0 Å². The molecule has 126 valence electrons. The van der Waals surface area contributed by atoms with Gasteiger partial charge < -0.3 is 14.8 Å². The Morgan fingerprint density at radius 1 is 1.29 bits per heavy atom. The van der Waals surface area contributed by atoms with Crippen molar-refractivity contribution in [3.63, 3.8) is 0 Å². The first kappa shape index (κ1) is 15.8. The van der Waals surface area contributed by atoms with E-state index in [1.807, 2.05) is 12.1 Å². The maximum atomic E-state index is 12.7. The molecule has 0 unspecified atom stereocenters. The van der Waals surface area contributed by atoms with Gasteiger partial charge in [0.25, 0.3) is 0 Å². The summed E-state index contributed by atoms with van der Waals surface area (Å²) in [7, 11) is 0. The molecule has 1 amide bonds. The molecule has 1 aromatic rings. The summed E-state index contributed by atoms with van der Waals surface area (Å²) in [6.45, 7) is 1.44. The van der Waals surface area contributed by atoms with Crippen LogP contribution in [-0.4, -0.2) is 19.1 Å². The van der Waals surface area contributed by atoms with E-state index >= 15 is 0 Å². The number of hydrogen-bond acceptors (Lipinski definition) is 4. The summed E-state index contributed by atoms with van der Waals surface area (Å²) in [6, 6.07) is 6.12. The minimum absolute atomic E-state index is 0.0563. The van der Waals surface area contributed by atoms with Crippen LogP contribution in [0.25, 0.3) is 0 Å². The SMILES string of the molecule is N#C[C@@]1(C(=O)NCc2cc(Br)c3c(c2)OCCO3)CC12CCCC2. The molecule has 1 heterocycles. The van der Waals surface area contributed by atoms with E-state index in [2.05, 4.69) is 27.3 Å². The lowest BCUT2D eigenvalue weighted by atomic mass is 9.91. The van der Waals surface area contributed by atoms with E-state index in [9.17, 15) is 10.1 Å². The van der Waals surface area contributed by atoms with Crippen LogP contribution in [0.5, 0.6) is 11.5 Å². The highest BCUT2D eigenvalue weighted by molar-refractivity contribution is 9.10. The van der Waals surface area contributed by atoms with Crippen molar-refractivity contribution in [1.82, 2.24) is 5.32 Å². The minimum atomic E-state index is -0.811. The van der Waals surface area contributed by atoms with Gasteiger partial charge in [-0.15, -0.1) is 0 Å². The number of halogens is 1. The van der Waals surface area contributed by atoms with E-state index in [0.29, 0.717) is 37.7 Å². The number of hydrogen-bond donors (Lipinski definition) is 1. The number of amides is 1. The highest BCUT2D eigenvalue weighted by Gasteiger charge is 2.72. The fourth-order valence-corrected chi connectivity index (χ4v) is 4.85. The number of nitrogens with one attached hydrogen (secondary N) is 1. The highest BCUT2D eigenvalue weighted by Crippen LogP contribution is 2.71. The van der Waals surface area contributed by atoms with Gasteiger partial charge in [-0.3, -0.25) is 4.79 Å². The molecule has 4 rings (SSSR count). The Bertz CT molecular complexity index is 737.